The van der Waals surface area contributed by atoms with Gasteiger partial charge in [-0.3, -0.25) is 9.79 Å². The summed E-state index contributed by atoms with van der Waals surface area (Å²) in [6.07, 6.45) is 2.72. The van der Waals surface area contributed by atoms with Crippen molar-refractivity contribution in [2.45, 2.75) is 26.3 Å². The summed E-state index contributed by atoms with van der Waals surface area (Å²) >= 11 is 0. The Bertz CT molecular complexity index is 474. The zero-order chi connectivity index (χ0) is 12.3. The number of dihydropyridines is 1. The SMILES string of the molecule is CC1=NC(C)CC(NC(=O)c2ccccc2)=C1. The number of amides is 1. The third kappa shape index (κ3) is 3.03. The molecule has 1 unspecified atom stereocenters. The van der Waals surface area contributed by atoms with Crippen LogP contribution in [-0.4, -0.2) is 17.7 Å². The van der Waals surface area contributed by atoms with Crippen LogP contribution in [0.5, 0.6) is 0 Å². The van der Waals surface area contributed by atoms with Gasteiger partial charge in [0, 0.05) is 23.4 Å². The van der Waals surface area contributed by atoms with E-state index in [9.17, 15) is 4.79 Å². The number of hydrogen-bond acceptors (Lipinski definition) is 2. The van der Waals surface area contributed by atoms with Gasteiger partial charge in [-0.1, -0.05) is 18.2 Å². The Labute approximate surface area is 101 Å². The number of carbonyl (C=O) groups excluding carboxylic acids is 1. The number of hydrogen-bond donors (Lipinski definition) is 1. The second-order valence-electron chi connectivity index (χ2n) is 4.31. The van der Waals surface area contributed by atoms with E-state index in [4.69, 9.17) is 0 Å². The van der Waals surface area contributed by atoms with Crippen LogP contribution in [0.3, 0.4) is 0 Å². The lowest BCUT2D eigenvalue weighted by Gasteiger charge is -2.17. The largest absolute Gasteiger partial charge is 0.326 e. The topological polar surface area (TPSA) is 41.5 Å². The summed E-state index contributed by atoms with van der Waals surface area (Å²) in [7, 11) is 0. The third-order valence-corrected chi connectivity index (χ3v) is 2.63. The van der Waals surface area contributed by atoms with Crippen molar-refractivity contribution in [2.24, 2.45) is 4.99 Å². The fraction of sp³-hybridized carbons (Fsp3) is 0.286. The molecule has 0 aliphatic carbocycles. The van der Waals surface area contributed by atoms with Crippen molar-refractivity contribution in [3.8, 4) is 0 Å². The quantitative estimate of drug-likeness (QED) is 0.830. The highest BCUT2D eigenvalue weighted by molar-refractivity contribution is 5.98. The number of nitrogens with one attached hydrogen (secondary N) is 1. The minimum Gasteiger partial charge on any atom is -0.326 e. The van der Waals surface area contributed by atoms with Gasteiger partial charge in [-0.15, -0.1) is 0 Å². The van der Waals surface area contributed by atoms with Crippen molar-refractivity contribution in [2.75, 3.05) is 0 Å². The molecule has 1 N–H and O–H groups in total. The number of benzene rings is 1. The van der Waals surface area contributed by atoms with Gasteiger partial charge in [-0.2, -0.15) is 0 Å². The maximum atomic E-state index is 11.9. The van der Waals surface area contributed by atoms with Crippen molar-refractivity contribution in [3.63, 3.8) is 0 Å². The van der Waals surface area contributed by atoms with Gasteiger partial charge >= 0.3 is 0 Å². The summed E-state index contributed by atoms with van der Waals surface area (Å²) in [4.78, 5) is 16.3. The molecule has 3 nitrogen and oxygen atoms in total. The first-order valence-corrected chi connectivity index (χ1v) is 5.76. The second kappa shape index (κ2) is 4.95. The molecule has 0 fully saturated rings. The van der Waals surface area contributed by atoms with Gasteiger partial charge in [0.2, 0.25) is 0 Å². The van der Waals surface area contributed by atoms with Crippen molar-refractivity contribution in [1.82, 2.24) is 5.32 Å². The highest BCUT2D eigenvalue weighted by atomic mass is 16.1. The highest BCUT2D eigenvalue weighted by Gasteiger charge is 2.13. The average Bonchev–Trinajstić information content (AvgIpc) is 2.28. The fourth-order valence-corrected chi connectivity index (χ4v) is 1.95. The van der Waals surface area contributed by atoms with Crippen LogP contribution in [-0.2, 0) is 0 Å². The minimum atomic E-state index is -0.0567. The van der Waals surface area contributed by atoms with Gasteiger partial charge in [0.05, 0.1) is 6.04 Å². The van der Waals surface area contributed by atoms with E-state index in [0.29, 0.717) is 5.56 Å². The fourth-order valence-electron chi connectivity index (χ4n) is 1.95. The molecule has 1 atom stereocenters. The molecule has 2 rings (SSSR count). The van der Waals surface area contributed by atoms with Gasteiger partial charge in [0.25, 0.3) is 5.91 Å². The van der Waals surface area contributed by atoms with Gasteiger partial charge in [-0.05, 0) is 32.1 Å². The number of allylic oxidation sites excluding steroid dienone is 1. The Morgan fingerprint density at radius 3 is 2.71 bits per heavy atom. The zero-order valence-corrected chi connectivity index (χ0v) is 10.1. The normalized spacial score (nSPS) is 19.3. The van der Waals surface area contributed by atoms with E-state index in [-0.39, 0.29) is 11.9 Å². The van der Waals surface area contributed by atoms with Crippen LogP contribution in [0.4, 0.5) is 0 Å². The predicted molar refractivity (Wildman–Crippen MR) is 69.2 cm³/mol. The van der Waals surface area contributed by atoms with Crippen LogP contribution in [0.15, 0.2) is 47.1 Å². The zero-order valence-electron chi connectivity index (χ0n) is 10.1. The summed E-state index contributed by atoms with van der Waals surface area (Å²) < 4.78 is 0. The van der Waals surface area contributed by atoms with Gasteiger partial charge in [0.15, 0.2) is 0 Å². The number of carbonyl (C=O) groups is 1. The molecule has 88 valence electrons. The van der Waals surface area contributed by atoms with E-state index in [1.54, 1.807) is 0 Å². The molecule has 1 aromatic rings. The number of rotatable bonds is 2. The Morgan fingerprint density at radius 2 is 2.06 bits per heavy atom. The molecule has 1 aliphatic rings. The molecule has 0 saturated carbocycles. The number of nitrogens with zero attached hydrogens (tertiary/aromatic N) is 1. The van der Waals surface area contributed by atoms with Crippen molar-refractivity contribution < 1.29 is 4.79 Å². The van der Waals surface area contributed by atoms with Crippen molar-refractivity contribution >= 4 is 11.6 Å². The van der Waals surface area contributed by atoms with Gasteiger partial charge < -0.3 is 5.32 Å². The molecule has 0 bridgehead atoms. The summed E-state index contributed by atoms with van der Waals surface area (Å²) in [6, 6.07) is 9.48. The van der Waals surface area contributed by atoms with Crippen LogP contribution in [0.25, 0.3) is 0 Å². The first-order chi connectivity index (χ1) is 8.15. The van der Waals surface area contributed by atoms with E-state index >= 15 is 0 Å². The summed E-state index contributed by atoms with van der Waals surface area (Å²) in [5, 5.41) is 2.94. The Hall–Kier alpha value is -1.90. The maximum Gasteiger partial charge on any atom is 0.255 e. The first kappa shape index (κ1) is 11.6. The van der Waals surface area contributed by atoms with E-state index in [2.05, 4.69) is 10.3 Å². The molecule has 1 amide bonds. The molecule has 0 spiro atoms. The molecular weight excluding hydrogens is 212 g/mol. The molecule has 3 heteroatoms. The van der Waals surface area contributed by atoms with E-state index in [1.165, 1.54) is 0 Å². The Morgan fingerprint density at radius 1 is 1.35 bits per heavy atom. The molecule has 1 aliphatic heterocycles. The van der Waals surface area contributed by atoms with Gasteiger partial charge in [0.1, 0.15) is 0 Å². The third-order valence-electron chi connectivity index (χ3n) is 2.63. The average molecular weight is 228 g/mol. The minimum absolute atomic E-state index is 0.0567. The van der Waals surface area contributed by atoms with E-state index < -0.39 is 0 Å². The van der Waals surface area contributed by atoms with Crippen molar-refractivity contribution in [1.29, 1.82) is 0 Å². The van der Waals surface area contributed by atoms with Crippen molar-refractivity contribution in [3.05, 3.63) is 47.7 Å². The number of aliphatic imine (C=N–C) groups is 1. The summed E-state index contributed by atoms with van der Waals surface area (Å²) in [5.74, 6) is -0.0567. The molecule has 17 heavy (non-hydrogen) atoms. The van der Waals surface area contributed by atoms with Crippen LogP contribution in [0.1, 0.15) is 30.6 Å². The lowest BCUT2D eigenvalue weighted by Crippen LogP contribution is -2.27. The van der Waals surface area contributed by atoms with Crippen LogP contribution < -0.4 is 5.32 Å². The second-order valence-corrected chi connectivity index (χ2v) is 4.31. The smallest absolute Gasteiger partial charge is 0.255 e. The van der Waals surface area contributed by atoms with Gasteiger partial charge in [-0.25, -0.2) is 0 Å². The molecule has 0 radical (unpaired) electrons. The highest BCUT2D eigenvalue weighted by Crippen LogP contribution is 2.13. The maximum absolute atomic E-state index is 11.9. The molecule has 1 heterocycles. The molecule has 1 aromatic carbocycles. The molecule has 0 aromatic heterocycles. The monoisotopic (exact) mass is 228 g/mol. The van der Waals surface area contributed by atoms with E-state index in [0.717, 1.165) is 17.8 Å². The standard InChI is InChI=1S/C14H16N2O/c1-10-8-13(9-11(2)15-10)16-14(17)12-6-4-3-5-7-12/h3-8,11H,9H2,1-2H3,(H,16,17). The van der Waals surface area contributed by atoms with Crippen LogP contribution in [0, 0.1) is 0 Å². The summed E-state index contributed by atoms with van der Waals surface area (Å²) in [6.45, 7) is 4.00. The molecule has 0 saturated heterocycles. The predicted octanol–water partition coefficient (Wildman–Crippen LogP) is 2.55. The van der Waals surface area contributed by atoms with Crippen LogP contribution in [0.2, 0.25) is 0 Å². The Balaban J connectivity index is 2.08. The Kier molecular flexibility index (Phi) is 3.38. The molecular formula is C14H16N2O. The summed E-state index contributed by atoms with van der Waals surface area (Å²) in [5.41, 5.74) is 2.59. The lowest BCUT2D eigenvalue weighted by molar-refractivity contribution is 0.0964. The van der Waals surface area contributed by atoms with Crippen LogP contribution >= 0.6 is 0 Å². The van der Waals surface area contributed by atoms with E-state index in [1.807, 2.05) is 50.3 Å². The lowest BCUT2D eigenvalue weighted by atomic mass is 10.1. The first-order valence-electron chi connectivity index (χ1n) is 5.76.